The van der Waals surface area contributed by atoms with Gasteiger partial charge in [-0.1, -0.05) is 37.7 Å². The van der Waals surface area contributed by atoms with Crippen molar-refractivity contribution in [1.29, 1.82) is 0 Å². The number of ether oxygens (including phenoxy) is 1. The molecule has 3 aromatic heterocycles. The van der Waals surface area contributed by atoms with Crippen molar-refractivity contribution in [2.45, 2.75) is 64.0 Å². The topological polar surface area (TPSA) is 127 Å². The number of hydrogen-bond donors (Lipinski definition) is 1. The number of carbonyl (C=O) groups is 1. The first-order valence-electron chi connectivity index (χ1n) is 15.6. The molecule has 1 aliphatic rings. The van der Waals surface area contributed by atoms with Crippen LogP contribution < -0.4 is 10.0 Å². The molecule has 0 radical (unpaired) electrons. The Labute approximate surface area is 278 Å². The third-order valence-corrected chi connectivity index (χ3v) is 10.1. The van der Waals surface area contributed by atoms with Crippen LogP contribution in [-0.4, -0.2) is 50.3 Å². The van der Waals surface area contributed by atoms with Gasteiger partial charge >= 0.3 is 0 Å². The van der Waals surface area contributed by atoms with E-state index in [2.05, 4.69) is 40.5 Å². The number of carbonyl (C=O) groups excluding carboxylic acids is 1. The predicted molar refractivity (Wildman–Crippen MR) is 179 cm³/mol. The highest BCUT2D eigenvalue weighted by Crippen LogP contribution is 2.36. The first-order valence-corrected chi connectivity index (χ1v) is 19.7. The number of pyridine rings is 1. The fraction of sp³-hybridized carbons (Fsp3) is 0.333. The molecule has 11 nitrogen and oxygen atoms in total. The lowest BCUT2D eigenvalue weighted by atomic mass is 9.94. The molecule has 5 aromatic rings. The maximum absolute atomic E-state index is 14.6. The van der Waals surface area contributed by atoms with E-state index in [1.54, 1.807) is 30.3 Å². The molecule has 0 saturated carbocycles. The van der Waals surface area contributed by atoms with Crippen molar-refractivity contribution in [1.82, 2.24) is 29.8 Å². The van der Waals surface area contributed by atoms with E-state index in [0.29, 0.717) is 82.6 Å². The standard InChI is InChI=1S/C33H36ClFN8O3Si/c1-47(2,3)15-14-46-21-41-19-29-27-17-24(35)10-11-28(27)37-32(44)7-5-4-6-25(33(41)38-29)31-12-8-22(18-43(31)45)26-16-23(34)9-13-30(26)42-20-36-39-40-42/h8-13,16-20,25H,4-7,14-15,21H2,1-3H3,(H,37,44). The smallest absolute Gasteiger partial charge is 0.224 e. The van der Waals surface area contributed by atoms with Crippen molar-refractivity contribution in [2.24, 2.45) is 0 Å². The summed E-state index contributed by atoms with van der Waals surface area (Å²) in [6.45, 7) is 7.68. The monoisotopic (exact) mass is 674 g/mol. The molecule has 2 bridgehead atoms. The Balaban J connectivity index is 1.43. The molecule has 0 saturated heterocycles. The number of halogens is 2. The van der Waals surface area contributed by atoms with Gasteiger partial charge in [-0.3, -0.25) is 4.79 Å². The van der Waals surface area contributed by atoms with Crippen LogP contribution in [0, 0.1) is 11.0 Å². The summed E-state index contributed by atoms with van der Waals surface area (Å²) in [6, 6.07) is 14.2. The molecule has 1 amide bonds. The van der Waals surface area contributed by atoms with Crippen LogP contribution in [-0.2, 0) is 16.3 Å². The van der Waals surface area contributed by atoms with Crippen molar-refractivity contribution < 1.29 is 18.7 Å². The number of amides is 1. The lowest BCUT2D eigenvalue weighted by Gasteiger charge is -2.20. The minimum absolute atomic E-state index is 0.160. The van der Waals surface area contributed by atoms with Gasteiger partial charge in [0.2, 0.25) is 11.6 Å². The minimum Gasteiger partial charge on any atom is -0.618 e. The third kappa shape index (κ3) is 7.58. The van der Waals surface area contributed by atoms with Gasteiger partial charge < -0.3 is 19.8 Å². The van der Waals surface area contributed by atoms with Crippen LogP contribution in [0.1, 0.15) is 43.1 Å². The molecule has 1 unspecified atom stereocenters. The van der Waals surface area contributed by atoms with Gasteiger partial charge in [0.15, 0.2) is 6.20 Å². The molecular formula is C33H36ClFN8O3Si. The summed E-state index contributed by atoms with van der Waals surface area (Å²) in [5.74, 6) is -0.412. The highest BCUT2D eigenvalue weighted by molar-refractivity contribution is 6.76. The average Bonchev–Trinajstić information content (AvgIpc) is 3.71. The zero-order valence-electron chi connectivity index (χ0n) is 26.5. The normalized spacial score (nSPS) is 15.4. The number of imidazole rings is 1. The van der Waals surface area contributed by atoms with Gasteiger partial charge in [0, 0.05) is 55.1 Å². The Morgan fingerprint density at radius 2 is 1.98 bits per heavy atom. The average molecular weight is 675 g/mol. The van der Waals surface area contributed by atoms with Crippen LogP contribution in [0.15, 0.2) is 67.3 Å². The number of rotatable bonds is 8. The van der Waals surface area contributed by atoms with E-state index in [0.717, 1.165) is 10.8 Å². The van der Waals surface area contributed by atoms with Crippen LogP contribution >= 0.6 is 11.6 Å². The number of anilines is 1. The van der Waals surface area contributed by atoms with Crippen LogP contribution in [0.4, 0.5) is 10.1 Å². The predicted octanol–water partition coefficient (Wildman–Crippen LogP) is 6.58. The maximum atomic E-state index is 14.6. The summed E-state index contributed by atoms with van der Waals surface area (Å²) >= 11 is 6.37. The molecule has 14 heteroatoms. The fourth-order valence-corrected chi connectivity index (χ4v) is 6.64. The molecule has 2 aromatic carbocycles. The number of nitrogens with one attached hydrogen (secondary N) is 1. The van der Waals surface area contributed by atoms with Crippen molar-refractivity contribution in [2.75, 3.05) is 11.9 Å². The van der Waals surface area contributed by atoms with Crippen LogP contribution in [0.25, 0.3) is 28.1 Å². The van der Waals surface area contributed by atoms with E-state index in [1.807, 2.05) is 16.8 Å². The van der Waals surface area contributed by atoms with Gasteiger partial charge in [-0.2, -0.15) is 9.41 Å². The van der Waals surface area contributed by atoms with Gasteiger partial charge in [0.1, 0.15) is 30.6 Å². The van der Waals surface area contributed by atoms with Gasteiger partial charge in [0.05, 0.1) is 17.1 Å². The molecule has 1 aliphatic heterocycles. The van der Waals surface area contributed by atoms with E-state index >= 15 is 0 Å². The van der Waals surface area contributed by atoms with Gasteiger partial charge in [0.25, 0.3) is 0 Å². The summed E-state index contributed by atoms with van der Waals surface area (Å²) in [7, 11) is -1.33. The van der Waals surface area contributed by atoms with E-state index in [9.17, 15) is 14.4 Å². The Morgan fingerprint density at radius 1 is 1.13 bits per heavy atom. The molecule has 6 rings (SSSR count). The molecule has 244 valence electrons. The summed E-state index contributed by atoms with van der Waals surface area (Å²) < 4.78 is 25.0. The van der Waals surface area contributed by atoms with Gasteiger partial charge in [-0.05, 0) is 71.8 Å². The van der Waals surface area contributed by atoms with E-state index in [-0.39, 0.29) is 12.6 Å². The molecule has 1 N–H and O–H groups in total. The van der Waals surface area contributed by atoms with Crippen LogP contribution in [0.5, 0.6) is 0 Å². The fourth-order valence-electron chi connectivity index (χ4n) is 5.71. The number of hydrogen-bond acceptors (Lipinski definition) is 7. The summed E-state index contributed by atoms with van der Waals surface area (Å²) in [4.78, 5) is 17.8. The second kappa shape index (κ2) is 13.7. The summed E-state index contributed by atoms with van der Waals surface area (Å²) in [5, 5.41) is 28.8. The molecule has 4 heterocycles. The van der Waals surface area contributed by atoms with Crippen molar-refractivity contribution in [3.8, 4) is 28.1 Å². The molecule has 1 atom stereocenters. The first kappa shape index (κ1) is 32.5. The lowest BCUT2D eigenvalue weighted by Crippen LogP contribution is -2.34. The number of fused-ring (bicyclic) bond motifs is 4. The second-order valence-corrected chi connectivity index (χ2v) is 19.0. The molecule has 0 aliphatic carbocycles. The Kier molecular flexibility index (Phi) is 9.48. The van der Waals surface area contributed by atoms with Crippen molar-refractivity contribution in [3.05, 3.63) is 94.8 Å². The quantitative estimate of drug-likeness (QED) is 0.0853. The molecule has 0 fully saturated rings. The van der Waals surface area contributed by atoms with E-state index < -0.39 is 19.8 Å². The molecule has 47 heavy (non-hydrogen) atoms. The Bertz CT molecular complexity index is 1890. The molecule has 0 spiro atoms. The van der Waals surface area contributed by atoms with Crippen molar-refractivity contribution >= 4 is 31.3 Å². The Morgan fingerprint density at radius 3 is 2.74 bits per heavy atom. The van der Waals surface area contributed by atoms with Gasteiger partial charge in [-0.15, -0.1) is 5.10 Å². The number of nitrogens with zero attached hydrogens (tertiary/aromatic N) is 7. The zero-order valence-corrected chi connectivity index (χ0v) is 28.2. The second-order valence-electron chi connectivity index (χ2n) is 12.9. The number of benzene rings is 2. The van der Waals surface area contributed by atoms with E-state index in [1.165, 1.54) is 29.3 Å². The Hall–Kier alpha value is -4.46. The maximum Gasteiger partial charge on any atom is 0.224 e. The van der Waals surface area contributed by atoms with Gasteiger partial charge in [-0.25, -0.2) is 9.37 Å². The SMILES string of the molecule is C[Si](C)(C)CCOCn1cc2nc1C(c1ccc(-c3cc(Cl)ccc3-n3cnnn3)c[n+]1[O-])CCCCC(=O)Nc1ccc(F)cc1-2. The van der Waals surface area contributed by atoms with Crippen LogP contribution in [0.2, 0.25) is 30.7 Å². The molecular weight excluding hydrogens is 639 g/mol. The number of tetrazole rings is 1. The lowest BCUT2D eigenvalue weighted by molar-refractivity contribution is -0.614. The van der Waals surface area contributed by atoms with Crippen molar-refractivity contribution in [3.63, 3.8) is 0 Å². The van der Waals surface area contributed by atoms with Crippen LogP contribution in [0.3, 0.4) is 0 Å². The van der Waals surface area contributed by atoms with E-state index in [4.69, 9.17) is 21.3 Å². The first-order chi connectivity index (χ1) is 22.6. The number of aromatic nitrogens is 7. The third-order valence-electron chi connectivity index (χ3n) is 8.19. The highest BCUT2D eigenvalue weighted by Gasteiger charge is 2.29. The summed E-state index contributed by atoms with van der Waals surface area (Å²) in [5.41, 5.74) is 3.88. The largest absolute Gasteiger partial charge is 0.618 e. The highest BCUT2D eigenvalue weighted by atomic mass is 35.5. The minimum atomic E-state index is -1.33. The zero-order chi connectivity index (χ0) is 33.1. The summed E-state index contributed by atoms with van der Waals surface area (Å²) in [6.07, 6.45) is 6.94.